The van der Waals surface area contributed by atoms with Crippen LogP contribution in [0.3, 0.4) is 0 Å². The summed E-state index contributed by atoms with van der Waals surface area (Å²) in [7, 11) is 2.25. The number of aromatic nitrogens is 2. The molecule has 0 radical (unpaired) electrons. The Bertz CT molecular complexity index is 3920. The van der Waals surface area contributed by atoms with E-state index in [1.165, 1.54) is 77.6 Å². The van der Waals surface area contributed by atoms with E-state index in [2.05, 4.69) is 277 Å². The molecule has 1 aromatic heterocycles. The number of imidazole rings is 1. The number of hydrogen-bond acceptors (Lipinski definition) is 4. The van der Waals surface area contributed by atoms with Crippen LogP contribution in [0.1, 0.15) is 162 Å². The van der Waals surface area contributed by atoms with Gasteiger partial charge in [-0.3, -0.25) is 0 Å². The zero-order valence-corrected chi connectivity index (χ0v) is 50.5. The quantitative estimate of drug-likeness (QED) is 0.127. The van der Waals surface area contributed by atoms with Gasteiger partial charge in [-0.25, -0.2) is 4.57 Å². The van der Waals surface area contributed by atoms with Gasteiger partial charge in [0.1, 0.15) is 5.69 Å². The number of rotatable bonds is 5. The minimum absolute atomic E-state index is 0.0787. The third kappa shape index (κ3) is 7.83. The van der Waals surface area contributed by atoms with E-state index in [9.17, 15) is 0 Å². The molecule has 0 fully saturated rings. The van der Waals surface area contributed by atoms with Crippen LogP contribution in [0.15, 0.2) is 133 Å². The molecule has 0 N–H and O–H groups in total. The second kappa shape index (κ2) is 17.5. The molecule has 0 unspecified atom stereocenters. The van der Waals surface area contributed by atoms with Crippen molar-refractivity contribution in [2.75, 3.05) is 9.80 Å². The minimum Gasteiger partial charge on any atom is -0.453 e. The first-order valence-electron chi connectivity index (χ1n) is 29.2. The Labute approximate surface area is 476 Å². The predicted octanol–water partition coefficient (Wildman–Crippen LogP) is 17.8. The molecular weight excluding hydrogens is 976 g/mol. The van der Waals surface area contributed by atoms with Gasteiger partial charge in [0.2, 0.25) is 0 Å². The topological polar surface area (TPSA) is 33.8 Å². The van der Waals surface area contributed by atoms with E-state index in [-0.39, 0.29) is 28.4 Å². The van der Waals surface area contributed by atoms with Gasteiger partial charge in [-0.2, -0.15) is 4.57 Å². The zero-order chi connectivity index (χ0) is 56.6. The molecule has 8 aromatic carbocycles. The number of aryl methyl sites for hydroxylation is 2. The SMILES string of the molecule is Cc1ccc(-c2cc3c4c(c2)N2c5ccc(C(C)(C)C)cc5Oc5cc(C(C)(C)C)cc(c52)B4c2cc(C(C)(C)C)cc4c2N3c2ccc(C(C)(C)C)cc2O4)cc1-c1n(-c2c(C(C)C)cccc2C(C)C)c2ccccc2[n+]1C. The Hall–Kier alpha value is -7.51. The Morgan fingerprint density at radius 3 is 1.40 bits per heavy atom. The molecule has 4 aliphatic rings. The summed E-state index contributed by atoms with van der Waals surface area (Å²) >= 11 is 0. The van der Waals surface area contributed by atoms with Crippen LogP contribution in [-0.2, 0) is 28.7 Å². The number of fused-ring (bicyclic) bond motifs is 9. The highest BCUT2D eigenvalue weighted by Crippen LogP contribution is 2.59. The molecule has 404 valence electrons. The van der Waals surface area contributed by atoms with Crippen LogP contribution in [0.25, 0.3) is 39.2 Å². The highest BCUT2D eigenvalue weighted by molar-refractivity contribution is 7.00. The van der Waals surface area contributed by atoms with E-state index >= 15 is 0 Å². The van der Waals surface area contributed by atoms with Crippen LogP contribution in [0.5, 0.6) is 23.0 Å². The standard InChI is InChI=1S/C73H78BN4O2/c1-41(2)50-22-21-23-51(42(3)4)66(50)78-56-25-20-19-24-55(56)75(18)69(78)52-32-44(27-26-43(52)5)45-33-59-65-60(34-45)77-58-31-29-47(71(9,10)11)38-62(58)80-64-40-49(73(15,16)17)36-54(68(64)77)74(65)53-35-48(72(12,13)14)39-63-67(53)76(59)57-30-28-46(70(6,7)8)37-61(57)79-63/h19-42H,1-18H3/q+1. The molecule has 0 atom stereocenters. The second-order valence-electron chi connectivity index (χ2n) is 28.3. The van der Waals surface area contributed by atoms with Crippen LogP contribution < -0.4 is 40.2 Å². The molecule has 9 aromatic rings. The Kier molecular flexibility index (Phi) is 11.4. The Morgan fingerprint density at radius 1 is 0.450 bits per heavy atom. The summed E-state index contributed by atoms with van der Waals surface area (Å²) < 4.78 is 19.6. The maximum atomic E-state index is 7.32. The molecule has 0 saturated carbocycles. The normalized spacial score (nSPS) is 14.2. The third-order valence-corrected chi connectivity index (χ3v) is 17.9. The van der Waals surface area contributed by atoms with Gasteiger partial charge in [-0.15, -0.1) is 0 Å². The molecule has 0 aliphatic carbocycles. The van der Waals surface area contributed by atoms with Crippen molar-refractivity contribution in [3.8, 4) is 51.2 Å². The average Bonchev–Trinajstić information content (AvgIpc) is 3.78. The highest BCUT2D eigenvalue weighted by Gasteiger charge is 2.50. The molecule has 0 spiro atoms. The molecule has 13 rings (SSSR count). The molecule has 0 amide bonds. The molecule has 0 bridgehead atoms. The van der Waals surface area contributed by atoms with Crippen LogP contribution in [0, 0.1) is 6.92 Å². The van der Waals surface area contributed by atoms with E-state index in [0.29, 0.717) is 11.8 Å². The van der Waals surface area contributed by atoms with Crippen LogP contribution in [0.4, 0.5) is 34.1 Å². The van der Waals surface area contributed by atoms with Gasteiger partial charge in [0, 0.05) is 22.5 Å². The number of benzene rings is 8. The van der Waals surface area contributed by atoms with Crippen molar-refractivity contribution in [2.24, 2.45) is 7.05 Å². The van der Waals surface area contributed by atoms with Crippen molar-refractivity contribution in [3.05, 3.63) is 172 Å². The van der Waals surface area contributed by atoms with E-state index in [1.807, 2.05) is 0 Å². The first-order valence-corrected chi connectivity index (χ1v) is 29.2. The summed E-state index contributed by atoms with van der Waals surface area (Å²) in [4.78, 5) is 5.13. The van der Waals surface area contributed by atoms with E-state index < -0.39 is 0 Å². The van der Waals surface area contributed by atoms with Crippen molar-refractivity contribution in [3.63, 3.8) is 0 Å². The van der Waals surface area contributed by atoms with Crippen molar-refractivity contribution in [1.82, 2.24) is 4.57 Å². The largest absolute Gasteiger partial charge is 0.453 e. The molecule has 4 aliphatic heterocycles. The monoisotopic (exact) mass is 1050 g/mol. The smallest absolute Gasteiger partial charge is 0.295 e. The number of para-hydroxylation sites is 3. The van der Waals surface area contributed by atoms with E-state index in [0.717, 1.165) is 74.1 Å². The summed E-state index contributed by atoms with van der Waals surface area (Å²) in [6, 6.07) is 51.5. The van der Waals surface area contributed by atoms with Crippen LogP contribution in [0.2, 0.25) is 0 Å². The van der Waals surface area contributed by atoms with E-state index in [1.54, 1.807) is 0 Å². The van der Waals surface area contributed by atoms with Gasteiger partial charge in [0.05, 0.1) is 35.4 Å². The Morgan fingerprint density at radius 2 is 0.925 bits per heavy atom. The van der Waals surface area contributed by atoms with Crippen molar-refractivity contribution in [1.29, 1.82) is 0 Å². The number of hydrogen-bond donors (Lipinski definition) is 0. The molecule has 5 heterocycles. The van der Waals surface area contributed by atoms with Gasteiger partial charge < -0.3 is 19.3 Å². The fourth-order valence-corrected chi connectivity index (χ4v) is 13.3. The maximum absolute atomic E-state index is 7.32. The second-order valence-corrected chi connectivity index (χ2v) is 28.3. The molecule has 6 nitrogen and oxygen atoms in total. The van der Waals surface area contributed by atoms with Gasteiger partial charge in [0.15, 0.2) is 34.0 Å². The van der Waals surface area contributed by atoms with Gasteiger partial charge >= 0.3 is 0 Å². The van der Waals surface area contributed by atoms with Crippen molar-refractivity contribution >= 4 is 68.3 Å². The maximum Gasteiger partial charge on any atom is 0.295 e. The summed E-state index contributed by atoms with van der Waals surface area (Å²) in [5.74, 6) is 5.33. The summed E-state index contributed by atoms with van der Waals surface area (Å²) in [5.41, 5.74) is 26.0. The summed E-state index contributed by atoms with van der Waals surface area (Å²) in [5, 5.41) is 0. The lowest BCUT2D eigenvalue weighted by Gasteiger charge is -2.48. The average molecular weight is 1050 g/mol. The van der Waals surface area contributed by atoms with Gasteiger partial charge in [-0.1, -0.05) is 178 Å². The van der Waals surface area contributed by atoms with Crippen LogP contribution >= 0.6 is 0 Å². The molecule has 7 heteroatoms. The minimum atomic E-state index is -0.154. The zero-order valence-electron chi connectivity index (χ0n) is 50.5. The number of anilines is 6. The lowest BCUT2D eigenvalue weighted by atomic mass is 9.33. The van der Waals surface area contributed by atoms with E-state index in [4.69, 9.17) is 9.47 Å². The fourth-order valence-electron chi connectivity index (χ4n) is 13.3. The lowest BCUT2D eigenvalue weighted by Crippen LogP contribution is -2.62. The highest BCUT2D eigenvalue weighted by atomic mass is 16.5. The predicted molar refractivity (Wildman–Crippen MR) is 337 cm³/mol. The molecule has 0 saturated heterocycles. The number of nitrogens with zero attached hydrogens (tertiary/aromatic N) is 4. The van der Waals surface area contributed by atoms with Gasteiger partial charge in [0.25, 0.3) is 12.5 Å². The van der Waals surface area contributed by atoms with Gasteiger partial charge in [-0.05, 0) is 162 Å². The summed E-state index contributed by atoms with van der Waals surface area (Å²) in [6.45, 7) is 39.1. The molecule has 80 heavy (non-hydrogen) atoms. The first-order chi connectivity index (χ1) is 37.7. The summed E-state index contributed by atoms with van der Waals surface area (Å²) in [6.07, 6.45) is 0. The van der Waals surface area contributed by atoms with Crippen LogP contribution in [-0.4, -0.2) is 11.3 Å². The third-order valence-electron chi connectivity index (χ3n) is 17.9. The van der Waals surface area contributed by atoms with Crippen molar-refractivity contribution < 1.29 is 14.0 Å². The molecular formula is C73H78BN4O2+. The lowest BCUT2D eigenvalue weighted by molar-refractivity contribution is -0.633. The number of ether oxygens (including phenoxy) is 2. The fraction of sp³-hybridized carbons (Fsp3) is 0.329. The first kappa shape index (κ1) is 51.9. The van der Waals surface area contributed by atoms with Crippen molar-refractivity contribution in [2.45, 2.75) is 151 Å². The Balaban J connectivity index is 1.15.